The van der Waals surface area contributed by atoms with Gasteiger partial charge >= 0.3 is 0 Å². The van der Waals surface area contributed by atoms with E-state index in [0.717, 1.165) is 30.8 Å². The highest BCUT2D eigenvalue weighted by Gasteiger charge is 2.29. The van der Waals surface area contributed by atoms with E-state index in [-0.39, 0.29) is 0 Å². The maximum atomic E-state index is 10.2. The zero-order valence-corrected chi connectivity index (χ0v) is 11.1. The lowest BCUT2D eigenvalue weighted by molar-refractivity contribution is 0.0449. The van der Waals surface area contributed by atoms with Crippen LogP contribution in [0, 0.1) is 0 Å². The SMILES string of the molecule is CCOc1cccc(N2CCCC(C)(O)C2)c1N. The second-order valence-corrected chi connectivity index (χ2v) is 5.14. The number of aliphatic hydroxyl groups is 1. The molecule has 0 aliphatic carbocycles. The van der Waals surface area contributed by atoms with Gasteiger partial charge in [-0.1, -0.05) is 6.07 Å². The average molecular weight is 250 g/mol. The number of β-amino-alcohol motifs (C(OH)–C–C–N with tert-alkyl or cyclic N) is 1. The predicted molar refractivity (Wildman–Crippen MR) is 74.1 cm³/mol. The third-order valence-corrected chi connectivity index (χ3v) is 3.36. The number of benzene rings is 1. The molecular weight excluding hydrogens is 228 g/mol. The molecule has 0 saturated carbocycles. The standard InChI is InChI=1S/C14H22N2O2/c1-3-18-12-7-4-6-11(13(12)15)16-9-5-8-14(2,17)10-16/h4,6-7,17H,3,5,8-10,15H2,1-2H3. The van der Waals surface area contributed by atoms with E-state index in [1.54, 1.807) is 0 Å². The van der Waals surface area contributed by atoms with E-state index in [1.807, 2.05) is 32.0 Å². The fourth-order valence-electron chi connectivity index (χ4n) is 2.52. The molecule has 0 radical (unpaired) electrons. The monoisotopic (exact) mass is 250 g/mol. The number of ether oxygens (including phenoxy) is 1. The molecule has 1 atom stereocenters. The van der Waals surface area contributed by atoms with Crippen molar-refractivity contribution in [3.63, 3.8) is 0 Å². The van der Waals surface area contributed by atoms with Crippen molar-refractivity contribution in [1.82, 2.24) is 0 Å². The van der Waals surface area contributed by atoms with E-state index < -0.39 is 5.60 Å². The molecule has 0 bridgehead atoms. The number of para-hydroxylation sites is 1. The Morgan fingerprint density at radius 1 is 1.50 bits per heavy atom. The molecule has 0 spiro atoms. The smallest absolute Gasteiger partial charge is 0.144 e. The zero-order chi connectivity index (χ0) is 13.2. The van der Waals surface area contributed by atoms with Crippen LogP contribution in [0.3, 0.4) is 0 Å². The molecule has 1 unspecified atom stereocenters. The van der Waals surface area contributed by atoms with Gasteiger partial charge in [0.25, 0.3) is 0 Å². The van der Waals surface area contributed by atoms with Crippen molar-refractivity contribution in [3.05, 3.63) is 18.2 Å². The second-order valence-electron chi connectivity index (χ2n) is 5.14. The molecule has 1 saturated heterocycles. The maximum absolute atomic E-state index is 10.2. The van der Waals surface area contributed by atoms with Crippen LogP contribution in [0.1, 0.15) is 26.7 Å². The fraction of sp³-hybridized carbons (Fsp3) is 0.571. The lowest BCUT2D eigenvalue weighted by atomic mass is 9.94. The lowest BCUT2D eigenvalue weighted by Gasteiger charge is -2.38. The Labute approximate surface area is 108 Å². The number of nitrogens with zero attached hydrogens (tertiary/aromatic N) is 1. The van der Waals surface area contributed by atoms with Crippen molar-refractivity contribution in [1.29, 1.82) is 0 Å². The van der Waals surface area contributed by atoms with Crippen molar-refractivity contribution in [2.24, 2.45) is 0 Å². The number of anilines is 2. The van der Waals surface area contributed by atoms with Gasteiger partial charge in [0.15, 0.2) is 0 Å². The van der Waals surface area contributed by atoms with Crippen LogP contribution in [0.25, 0.3) is 0 Å². The summed E-state index contributed by atoms with van der Waals surface area (Å²) in [6, 6.07) is 5.81. The number of nitrogen functional groups attached to an aromatic ring is 1. The average Bonchev–Trinajstić information content (AvgIpc) is 2.31. The Balaban J connectivity index is 2.25. The van der Waals surface area contributed by atoms with Crippen LogP contribution in [0.15, 0.2) is 18.2 Å². The van der Waals surface area contributed by atoms with E-state index in [4.69, 9.17) is 10.5 Å². The van der Waals surface area contributed by atoms with E-state index in [0.29, 0.717) is 18.8 Å². The first-order chi connectivity index (χ1) is 8.53. The van der Waals surface area contributed by atoms with Gasteiger partial charge in [-0.25, -0.2) is 0 Å². The molecular formula is C14H22N2O2. The third-order valence-electron chi connectivity index (χ3n) is 3.36. The van der Waals surface area contributed by atoms with Gasteiger partial charge in [-0.3, -0.25) is 0 Å². The van der Waals surface area contributed by atoms with Gasteiger partial charge in [0, 0.05) is 13.1 Å². The van der Waals surface area contributed by atoms with Crippen LogP contribution in [0.2, 0.25) is 0 Å². The Kier molecular flexibility index (Phi) is 3.66. The summed E-state index contributed by atoms with van der Waals surface area (Å²) in [6.45, 7) is 5.97. The van der Waals surface area contributed by atoms with Crippen LogP contribution >= 0.6 is 0 Å². The summed E-state index contributed by atoms with van der Waals surface area (Å²) < 4.78 is 5.51. The Morgan fingerprint density at radius 3 is 2.94 bits per heavy atom. The number of nitrogens with two attached hydrogens (primary N) is 1. The molecule has 4 heteroatoms. The van der Waals surface area contributed by atoms with E-state index in [1.165, 1.54) is 0 Å². The van der Waals surface area contributed by atoms with Crippen molar-refractivity contribution in [2.75, 3.05) is 30.3 Å². The van der Waals surface area contributed by atoms with Crippen LogP contribution in [-0.2, 0) is 0 Å². The van der Waals surface area contributed by atoms with Gasteiger partial charge < -0.3 is 20.5 Å². The van der Waals surface area contributed by atoms with Crippen molar-refractivity contribution >= 4 is 11.4 Å². The summed E-state index contributed by atoms with van der Waals surface area (Å²) in [5.74, 6) is 0.722. The van der Waals surface area contributed by atoms with Gasteiger partial charge in [-0.2, -0.15) is 0 Å². The molecule has 1 aromatic rings. The summed E-state index contributed by atoms with van der Waals surface area (Å²) in [5, 5.41) is 10.2. The largest absolute Gasteiger partial charge is 0.492 e. The highest BCUT2D eigenvalue weighted by molar-refractivity contribution is 5.74. The molecule has 2 rings (SSSR count). The quantitative estimate of drug-likeness (QED) is 0.806. The summed E-state index contributed by atoms with van der Waals surface area (Å²) in [5.41, 5.74) is 7.13. The third kappa shape index (κ3) is 2.70. The minimum absolute atomic E-state index is 0.603. The molecule has 1 aliphatic rings. The van der Waals surface area contributed by atoms with Gasteiger partial charge in [0.1, 0.15) is 5.75 Å². The first-order valence-electron chi connectivity index (χ1n) is 6.52. The molecule has 18 heavy (non-hydrogen) atoms. The van der Waals surface area contributed by atoms with Crippen molar-refractivity contribution < 1.29 is 9.84 Å². The van der Waals surface area contributed by atoms with E-state index in [9.17, 15) is 5.11 Å². The maximum Gasteiger partial charge on any atom is 0.144 e. The highest BCUT2D eigenvalue weighted by Crippen LogP contribution is 2.35. The van der Waals surface area contributed by atoms with E-state index in [2.05, 4.69) is 4.90 Å². The molecule has 1 fully saturated rings. The number of rotatable bonds is 3. The topological polar surface area (TPSA) is 58.7 Å². The Morgan fingerprint density at radius 2 is 2.28 bits per heavy atom. The predicted octanol–water partition coefficient (Wildman–Crippen LogP) is 2.02. The number of piperidine rings is 1. The first kappa shape index (κ1) is 13.0. The van der Waals surface area contributed by atoms with Crippen LogP contribution in [-0.4, -0.2) is 30.4 Å². The molecule has 3 N–H and O–H groups in total. The molecule has 1 heterocycles. The molecule has 1 aromatic carbocycles. The molecule has 100 valence electrons. The summed E-state index contributed by atoms with van der Waals surface area (Å²) in [4.78, 5) is 2.14. The molecule has 1 aliphatic heterocycles. The molecule has 4 nitrogen and oxygen atoms in total. The van der Waals surface area contributed by atoms with Crippen molar-refractivity contribution in [2.45, 2.75) is 32.3 Å². The first-order valence-corrected chi connectivity index (χ1v) is 6.52. The van der Waals surface area contributed by atoms with E-state index >= 15 is 0 Å². The zero-order valence-electron chi connectivity index (χ0n) is 11.1. The molecule has 0 aromatic heterocycles. The van der Waals surface area contributed by atoms with Gasteiger partial charge in [0.2, 0.25) is 0 Å². The van der Waals surface area contributed by atoms with Crippen molar-refractivity contribution in [3.8, 4) is 5.75 Å². The lowest BCUT2D eigenvalue weighted by Crippen LogP contribution is -2.46. The van der Waals surface area contributed by atoms with Gasteiger partial charge in [-0.05, 0) is 38.8 Å². The minimum atomic E-state index is -0.633. The normalized spacial score (nSPS) is 24.1. The highest BCUT2D eigenvalue weighted by atomic mass is 16.5. The second kappa shape index (κ2) is 5.06. The Bertz CT molecular complexity index is 418. The fourth-order valence-corrected chi connectivity index (χ4v) is 2.52. The summed E-state index contributed by atoms with van der Waals surface area (Å²) >= 11 is 0. The number of hydrogen-bond donors (Lipinski definition) is 2. The summed E-state index contributed by atoms with van der Waals surface area (Å²) in [6.07, 6.45) is 1.82. The van der Waals surface area contributed by atoms with Crippen LogP contribution in [0.5, 0.6) is 5.75 Å². The Hall–Kier alpha value is -1.42. The van der Waals surface area contributed by atoms with Crippen LogP contribution in [0.4, 0.5) is 11.4 Å². The van der Waals surface area contributed by atoms with Crippen LogP contribution < -0.4 is 15.4 Å². The van der Waals surface area contributed by atoms with Gasteiger partial charge in [0.05, 0.1) is 23.6 Å². The summed E-state index contributed by atoms with van der Waals surface area (Å²) in [7, 11) is 0. The minimum Gasteiger partial charge on any atom is -0.492 e. The molecule has 0 amide bonds. The van der Waals surface area contributed by atoms with Gasteiger partial charge in [-0.15, -0.1) is 0 Å². The number of hydrogen-bond acceptors (Lipinski definition) is 4.